The summed E-state index contributed by atoms with van der Waals surface area (Å²) in [5.41, 5.74) is -0.765. The predicted molar refractivity (Wildman–Crippen MR) is 70.2 cm³/mol. The van der Waals surface area contributed by atoms with E-state index in [-0.39, 0.29) is 5.57 Å². The van der Waals surface area contributed by atoms with Gasteiger partial charge in [0.15, 0.2) is 0 Å². The number of hydrogen-bond acceptors (Lipinski definition) is 2. The van der Waals surface area contributed by atoms with Crippen molar-refractivity contribution in [2.75, 3.05) is 13.1 Å². The molecule has 0 N–H and O–H groups in total. The smallest absolute Gasteiger partial charge is 0.371 e. The first-order valence-electron chi connectivity index (χ1n) is 6.18. The van der Waals surface area contributed by atoms with E-state index in [2.05, 4.69) is 13.2 Å². The van der Waals surface area contributed by atoms with Crippen molar-refractivity contribution >= 4 is 0 Å². The molecule has 0 aromatic rings. The normalized spacial score (nSPS) is 15.4. The summed E-state index contributed by atoms with van der Waals surface area (Å²) in [7, 11) is 0. The minimum absolute atomic E-state index is 0.0748. The fourth-order valence-electron chi connectivity index (χ4n) is 1.59. The Balaban J connectivity index is 0.00000154. The van der Waals surface area contributed by atoms with E-state index in [0.29, 0.717) is 5.70 Å². The van der Waals surface area contributed by atoms with Gasteiger partial charge in [-0.2, -0.15) is 18.4 Å². The van der Waals surface area contributed by atoms with Crippen molar-refractivity contribution in [2.45, 2.75) is 32.9 Å². The van der Waals surface area contributed by atoms with Gasteiger partial charge in [-0.15, -0.1) is 0 Å². The third-order valence-corrected chi connectivity index (χ3v) is 2.60. The molecular weight excluding hydrogens is 253 g/mol. The van der Waals surface area contributed by atoms with Gasteiger partial charge in [0, 0.05) is 24.4 Å². The lowest BCUT2D eigenvalue weighted by Gasteiger charge is -2.19. The fraction of sp³-hybridized carbons (Fsp3) is 0.500. The van der Waals surface area contributed by atoms with E-state index in [9.17, 15) is 13.2 Å². The van der Waals surface area contributed by atoms with Crippen LogP contribution >= 0.6 is 0 Å². The molecule has 0 radical (unpaired) electrons. The molecule has 1 rings (SSSR count). The van der Waals surface area contributed by atoms with Crippen molar-refractivity contribution in [3.8, 4) is 6.07 Å². The summed E-state index contributed by atoms with van der Waals surface area (Å²) in [6.07, 6.45) is -1.82. The molecule has 19 heavy (non-hydrogen) atoms. The lowest BCUT2D eigenvalue weighted by atomic mass is 10.1. The van der Waals surface area contributed by atoms with Crippen LogP contribution in [0.5, 0.6) is 0 Å². The van der Waals surface area contributed by atoms with Crippen LogP contribution in [0.3, 0.4) is 0 Å². The second kappa shape index (κ2) is 7.67. The van der Waals surface area contributed by atoms with Crippen molar-refractivity contribution in [1.82, 2.24) is 4.90 Å². The zero-order valence-corrected chi connectivity index (χ0v) is 11.3. The van der Waals surface area contributed by atoms with E-state index in [1.54, 1.807) is 6.07 Å². The molecule has 1 heterocycles. The molecule has 0 spiro atoms. The number of nitrogens with zero attached hydrogens (tertiary/aromatic N) is 2. The molecule has 0 aromatic heterocycles. The number of alkyl halides is 3. The van der Waals surface area contributed by atoms with E-state index in [1.165, 1.54) is 0 Å². The zero-order chi connectivity index (χ0) is 15.1. The summed E-state index contributed by atoms with van der Waals surface area (Å²) in [4.78, 5) is 1.82. The first-order valence-corrected chi connectivity index (χ1v) is 6.18. The molecular formula is C14H19F3N2. The van der Waals surface area contributed by atoms with Gasteiger partial charge in [-0.1, -0.05) is 27.0 Å². The average molecular weight is 272 g/mol. The summed E-state index contributed by atoms with van der Waals surface area (Å²) in [6.45, 7) is 12.0. The second-order valence-electron chi connectivity index (χ2n) is 3.83. The van der Waals surface area contributed by atoms with Gasteiger partial charge in [0.05, 0.1) is 5.57 Å². The third kappa shape index (κ3) is 5.21. The molecule has 0 atom stereocenters. The SMILES string of the molecule is C=C(/C(C#N)=C\C(=C)C(F)(F)F)N1CCCC1.CC. The minimum Gasteiger partial charge on any atom is -0.371 e. The van der Waals surface area contributed by atoms with Crippen LogP contribution in [-0.2, 0) is 0 Å². The molecule has 0 aliphatic carbocycles. The number of hydrogen-bond donors (Lipinski definition) is 0. The number of nitriles is 1. The molecule has 0 unspecified atom stereocenters. The molecule has 5 heteroatoms. The van der Waals surface area contributed by atoms with Gasteiger partial charge < -0.3 is 4.90 Å². The van der Waals surface area contributed by atoms with Gasteiger partial charge in [-0.25, -0.2) is 0 Å². The largest absolute Gasteiger partial charge is 0.415 e. The molecule has 0 amide bonds. The first-order chi connectivity index (χ1) is 8.86. The average Bonchev–Trinajstić information content (AvgIpc) is 2.89. The van der Waals surface area contributed by atoms with Crippen LogP contribution in [0.1, 0.15) is 26.7 Å². The standard InChI is InChI=1S/C12H13F3N2.C2H6/c1-9(12(13,14)15)7-11(8-16)10(2)17-5-3-4-6-17;1-2/h7H,1-6H2;1-2H3/b11-7-;. The topological polar surface area (TPSA) is 27.0 Å². The van der Waals surface area contributed by atoms with Gasteiger partial charge in [0.2, 0.25) is 0 Å². The van der Waals surface area contributed by atoms with Crippen LogP contribution in [0.4, 0.5) is 13.2 Å². The maximum atomic E-state index is 12.3. The maximum Gasteiger partial charge on any atom is 0.415 e. The van der Waals surface area contributed by atoms with Crippen LogP contribution in [-0.4, -0.2) is 24.2 Å². The van der Waals surface area contributed by atoms with Gasteiger partial charge in [-0.3, -0.25) is 0 Å². The lowest BCUT2D eigenvalue weighted by Crippen LogP contribution is -2.19. The molecule has 0 aromatic carbocycles. The Morgan fingerprint density at radius 3 is 2.05 bits per heavy atom. The number of halogens is 3. The van der Waals surface area contributed by atoms with Gasteiger partial charge in [-0.05, 0) is 18.9 Å². The Kier molecular flexibility index (Phi) is 6.99. The second-order valence-corrected chi connectivity index (χ2v) is 3.83. The Hall–Kier alpha value is -1.70. The molecule has 1 aliphatic rings. The molecule has 2 nitrogen and oxygen atoms in total. The third-order valence-electron chi connectivity index (χ3n) is 2.60. The summed E-state index contributed by atoms with van der Waals surface area (Å²) in [5, 5.41) is 8.86. The lowest BCUT2D eigenvalue weighted by molar-refractivity contribution is -0.0878. The van der Waals surface area contributed by atoms with Crippen molar-refractivity contribution < 1.29 is 13.2 Å². The van der Waals surface area contributed by atoms with Crippen molar-refractivity contribution in [3.63, 3.8) is 0 Å². The fourth-order valence-corrected chi connectivity index (χ4v) is 1.59. The van der Waals surface area contributed by atoms with Gasteiger partial charge in [0.1, 0.15) is 6.07 Å². The van der Waals surface area contributed by atoms with E-state index >= 15 is 0 Å². The Labute approximate surface area is 112 Å². The summed E-state index contributed by atoms with van der Waals surface area (Å²) in [5.74, 6) is 0. The van der Waals surface area contributed by atoms with Crippen LogP contribution in [0.2, 0.25) is 0 Å². The zero-order valence-electron chi connectivity index (χ0n) is 11.3. The molecule has 1 saturated heterocycles. The van der Waals surface area contributed by atoms with Crippen LogP contribution < -0.4 is 0 Å². The molecule has 1 aliphatic heterocycles. The molecule has 0 bridgehead atoms. The maximum absolute atomic E-state index is 12.3. The van der Waals surface area contributed by atoms with E-state index in [1.807, 2.05) is 18.7 Å². The van der Waals surface area contributed by atoms with Crippen LogP contribution in [0.25, 0.3) is 0 Å². The Bertz CT molecular complexity index is 394. The molecule has 1 fully saturated rings. The highest BCUT2D eigenvalue weighted by molar-refractivity contribution is 5.44. The number of rotatable bonds is 3. The van der Waals surface area contributed by atoms with Crippen molar-refractivity contribution in [1.29, 1.82) is 5.26 Å². The number of likely N-dealkylation sites (tertiary alicyclic amines) is 1. The summed E-state index contributed by atoms with van der Waals surface area (Å²) >= 11 is 0. The highest BCUT2D eigenvalue weighted by Gasteiger charge is 2.31. The van der Waals surface area contributed by atoms with Crippen LogP contribution in [0.15, 0.2) is 36.1 Å². The van der Waals surface area contributed by atoms with Crippen molar-refractivity contribution in [2.24, 2.45) is 0 Å². The molecule has 0 saturated carbocycles. The highest BCUT2D eigenvalue weighted by atomic mass is 19.4. The minimum atomic E-state index is -4.51. The van der Waals surface area contributed by atoms with E-state index in [0.717, 1.165) is 32.0 Å². The quantitative estimate of drug-likeness (QED) is 0.569. The Morgan fingerprint density at radius 1 is 1.21 bits per heavy atom. The highest BCUT2D eigenvalue weighted by Crippen LogP contribution is 2.28. The van der Waals surface area contributed by atoms with E-state index in [4.69, 9.17) is 5.26 Å². The summed E-state index contributed by atoms with van der Waals surface area (Å²) in [6, 6.07) is 1.74. The predicted octanol–water partition coefficient (Wildman–Crippen LogP) is 4.19. The monoisotopic (exact) mass is 272 g/mol. The van der Waals surface area contributed by atoms with Gasteiger partial charge in [0.25, 0.3) is 0 Å². The Morgan fingerprint density at radius 2 is 1.68 bits per heavy atom. The van der Waals surface area contributed by atoms with E-state index < -0.39 is 11.7 Å². The van der Waals surface area contributed by atoms with Crippen LogP contribution in [0, 0.1) is 11.3 Å². The van der Waals surface area contributed by atoms with Gasteiger partial charge >= 0.3 is 6.18 Å². The first kappa shape index (κ1) is 17.3. The molecule has 106 valence electrons. The summed E-state index contributed by atoms with van der Waals surface area (Å²) < 4.78 is 36.9. The number of allylic oxidation sites excluding steroid dienone is 3. The van der Waals surface area contributed by atoms with Crippen molar-refractivity contribution in [3.05, 3.63) is 36.1 Å².